The largest absolute Gasteiger partial charge is 0.381 e. The third kappa shape index (κ3) is 1.74. The van der Waals surface area contributed by atoms with Crippen LogP contribution in [0.4, 0.5) is 5.69 Å². The van der Waals surface area contributed by atoms with Gasteiger partial charge < -0.3 is 4.74 Å². The first-order valence-electron chi connectivity index (χ1n) is 5.91. The molecule has 0 N–H and O–H groups in total. The molecule has 0 saturated carbocycles. The number of ether oxygens (including phenoxy) is 1. The van der Waals surface area contributed by atoms with E-state index in [0.717, 1.165) is 42.6 Å². The second kappa shape index (κ2) is 4.30. The van der Waals surface area contributed by atoms with Gasteiger partial charge in [-0.1, -0.05) is 12.1 Å². The molecule has 1 aliphatic rings. The third-order valence-electron chi connectivity index (χ3n) is 3.30. The van der Waals surface area contributed by atoms with Gasteiger partial charge in [0.2, 0.25) is 0 Å². The first kappa shape index (κ1) is 10.5. The maximum absolute atomic E-state index is 5.39. The number of hydrogen-bond donors (Lipinski definition) is 0. The van der Waals surface area contributed by atoms with Crippen LogP contribution in [0.25, 0.3) is 10.9 Å². The SMILES string of the molecule is C=Nc1cccc2cnn(C3CCOCC3)c12. The molecule has 2 heterocycles. The number of para-hydroxylation sites is 1. The Labute approximate surface area is 99.9 Å². The molecule has 4 heteroatoms. The summed E-state index contributed by atoms with van der Waals surface area (Å²) in [6, 6.07) is 6.45. The average molecular weight is 229 g/mol. The number of rotatable bonds is 2. The molecule has 1 aliphatic heterocycles. The third-order valence-corrected chi connectivity index (χ3v) is 3.30. The highest BCUT2D eigenvalue weighted by Crippen LogP contribution is 2.30. The van der Waals surface area contributed by atoms with Crippen LogP contribution in [-0.2, 0) is 4.74 Å². The van der Waals surface area contributed by atoms with Gasteiger partial charge in [-0.15, -0.1) is 0 Å². The highest BCUT2D eigenvalue weighted by Gasteiger charge is 2.19. The van der Waals surface area contributed by atoms with Crippen LogP contribution in [0.3, 0.4) is 0 Å². The maximum Gasteiger partial charge on any atom is 0.0941 e. The number of hydrogen-bond acceptors (Lipinski definition) is 3. The van der Waals surface area contributed by atoms with Crippen molar-refractivity contribution in [2.24, 2.45) is 4.99 Å². The Morgan fingerprint density at radius 1 is 1.35 bits per heavy atom. The van der Waals surface area contributed by atoms with Gasteiger partial charge in [0.25, 0.3) is 0 Å². The van der Waals surface area contributed by atoms with Gasteiger partial charge in [-0.25, -0.2) is 0 Å². The smallest absolute Gasteiger partial charge is 0.0941 e. The van der Waals surface area contributed by atoms with E-state index < -0.39 is 0 Å². The lowest BCUT2D eigenvalue weighted by Crippen LogP contribution is -2.20. The number of aliphatic imine (C=N–C) groups is 1. The normalized spacial score (nSPS) is 17.4. The summed E-state index contributed by atoms with van der Waals surface area (Å²) in [4.78, 5) is 4.08. The molecule has 0 amide bonds. The van der Waals surface area contributed by atoms with E-state index in [1.807, 2.05) is 18.3 Å². The quantitative estimate of drug-likeness (QED) is 0.743. The summed E-state index contributed by atoms with van der Waals surface area (Å²) < 4.78 is 7.47. The highest BCUT2D eigenvalue weighted by molar-refractivity contribution is 5.89. The molecule has 0 bridgehead atoms. The molecule has 4 nitrogen and oxygen atoms in total. The number of aromatic nitrogens is 2. The van der Waals surface area contributed by atoms with Gasteiger partial charge in [0.15, 0.2) is 0 Å². The van der Waals surface area contributed by atoms with Crippen molar-refractivity contribution in [3.8, 4) is 0 Å². The minimum atomic E-state index is 0.421. The Morgan fingerprint density at radius 3 is 2.94 bits per heavy atom. The Kier molecular flexibility index (Phi) is 2.65. The van der Waals surface area contributed by atoms with Gasteiger partial charge in [0, 0.05) is 18.6 Å². The van der Waals surface area contributed by atoms with E-state index >= 15 is 0 Å². The topological polar surface area (TPSA) is 39.4 Å². The predicted octanol–water partition coefficient (Wildman–Crippen LogP) is 2.72. The van der Waals surface area contributed by atoms with Crippen molar-refractivity contribution in [2.45, 2.75) is 18.9 Å². The van der Waals surface area contributed by atoms with Crippen molar-refractivity contribution in [3.05, 3.63) is 24.4 Å². The lowest BCUT2D eigenvalue weighted by molar-refractivity contribution is 0.0675. The summed E-state index contributed by atoms with van der Waals surface area (Å²) in [5.74, 6) is 0. The van der Waals surface area contributed by atoms with Crippen LogP contribution in [0.2, 0.25) is 0 Å². The van der Waals surface area contributed by atoms with Gasteiger partial charge >= 0.3 is 0 Å². The molecule has 0 unspecified atom stereocenters. The van der Waals surface area contributed by atoms with Crippen molar-refractivity contribution in [1.29, 1.82) is 0 Å². The molecule has 0 spiro atoms. The Bertz CT molecular complexity index is 541. The molecule has 1 aromatic carbocycles. The summed E-state index contributed by atoms with van der Waals surface area (Å²) in [6.45, 7) is 5.26. The molecule has 0 radical (unpaired) electrons. The van der Waals surface area contributed by atoms with Crippen LogP contribution < -0.4 is 0 Å². The van der Waals surface area contributed by atoms with Crippen LogP contribution in [0.5, 0.6) is 0 Å². The fourth-order valence-electron chi connectivity index (χ4n) is 2.42. The van der Waals surface area contributed by atoms with E-state index in [2.05, 4.69) is 27.6 Å². The molecule has 0 aliphatic carbocycles. The number of fused-ring (bicyclic) bond motifs is 1. The molecule has 1 fully saturated rings. The van der Waals surface area contributed by atoms with Crippen molar-refractivity contribution >= 4 is 23.3 Å². The van der Waals surface area contributed by atoms with Gasteiger partial charge in [-0.3, -0.25) is 9.67 Å². The fourth-order valence-corrected chi connectivity index (χ4v) is 2.42. The highest BCUT2D eigenvalue weighted by atomic mass is 16.5. The minimum absolute atomic E-state index is 0.421. The lowest BCUT2D eigenvalue weighted by atomic mass is 10.1. The maximum atomic E-state index is 5.39. The van der Waals surface area contributed by atoms with Crippen LogP contribution in [0.15, 0.2) is 29.4 Å². The molecular formula is C13H15N3O. The van der Waals surface area contributed by atoms with Crippen LogP contribution in [-0.4, -0.2) is 29.7 Å². The zero-order valence-corrected chi connectivity index (χ0v) is 9.67. The standard InChI is InChI=1S/C13H15N3O/c1-14-12-4-2-3-10-9-15-16(13(10)12)11-5-7-17-8-6-11/h2-4,9,11H,1,5-8H2. The molecule has 1 saturated heterocycles. The van der Waals surface area contributed by atoms with E-state index in [9.17, 15) is 0 Å². The second-order valence-electron chi connectivity index (χ2n) is 4.31. The zero-order valence-electron chi connectivity index (χ0n) is 9.67. The average Bonchev–Trinajstić information content (AvgIpc) is 2.83. The van der Waals surface area contributed by atoms with Gasteiger partial charge in [0.1, 0.15) is 0 Å². The van der Waals surface area contributed by atoms with Crippen molar-refractivity contribution < 1.29 is 4.74 Å². The molecule has 1 aromatic heterocycles. The predicted molar refractivity (Wildman–Crippen MR) is 68.0 cm³/mol. The van der Waals surface area contributed by atoms with Crippen LogP contribution >= 0.6 is 0 Å². The van der Waals surface area contributed by atoms with Gasteiger partial charge in [0.05, 0.1) is 23.4 Å². The Morgan fingerprint density at radius 2 is 2.18 bits per heavy atom. The van der Waals surface area contributed by atoms with E-state index in [1.165, 1.54) is 0 Å². The molecular weight excluding hydrogens is 214 g/mol. The first-order chi connectivity index (χ1) is 8.40. The van der Waals surface area contributed by atoms with Crippen LogP contribution in [0.1, 0.15) is 18.9 Å². The lowest BCUT2D eigenvalue weighted by Gasteiger charge is -2.23. The summed E-state index contributed by atoms with van der Waals surface area (Å²) in [5, 5.41) is 5.63. The molecule has 88 valence electrons. The van der Waals surface area contributed by atoms with Crippen LogP contribution in [0, 0.1) is 0 Å². The van der Waals surface area contributed by atoms with E-state index in [0.29, 0.717) is 6.04 Å². The van der Waals surface area contributed by atoms with E-state index in [4.69, 9.17) is 4.74 Å². The van der Waals surface area contributed by atoms with Gasteiger partial charge in [-0.05, 0) is 25.6 Å². The Balaban J connectivity index is 2.12. The minimum Gasteiger partial charge on any atom is -0.381 e. The molecule has 0 atom stereocenters. The summed E-state index contributed by atoms with van der Waals surface area (Å²) in [5.41, 5.74) is 2.00. The molecule has 3 rings (SSSR count). The summed E-state index contributed by atoms with van der Waals surface area (Å²) in [7, 11) is 0. The Hall–Kier alpha value is -1.68. The summed E-state index contributed by atoms with van der Waals surface area (Å²) in [6.07, 6.45) is 3.93. The van der Waals surface area contributed by atoms with E-state index in [-0.39, 0.29) is 0 Å². The second-order valence-corrected chi connectivity index (χ2v) is 4.31. The first-order valence-corrected chi connectivity index (χ1v) is 5.91. The summed E-state index contributed by atoms with van der Waals surface area (Å²) >= 11 is 0. The monoisotopic (exact) mass is 229 g/mol. The van der Waals surface area contributed by atoms with Crippen molar-refractivity contribution in [1.82, 2.24) is 9.78 Å². The van der Waals surface area contributed by atoms with Crippen molar-refractivity contribution in [3.63, 3.8) is 0 Å². The number of nitrogens with zero attached hydrogens (tertiary/aromatic N) is 3. The van der Waals surface area contributed by atoms with Gasteiger partial charge in [-0.2, -0.15) is 5.10 Å². The molecule has 2 aromatic rings. The number of benzene rings is 1. The zero-order chi connectivity index (χ0) is 11.7. The van der Waals surface area contributed by atoms with Crippen molar-refractivity contribution in [2.75, 3.05) is 13.2 Å². The fraction of sp³-hybridized carbons (Fsp3) is 0.385. The van der Waals surface area contributed by atoms with E-state index in [1.54, 1.807) is 0 Å². The molecule has 17 heavy (non-hydrogen) atoms.